The zero-order chi connectivity index (χ0) is 15.9. The van der Waals surface area contributed by atoms with Crippen LogP contribution in [0.1, 0.15) is 46.6 Å². The summed E-state index contributed by atoms with van der Waals surface area (Å²) in [4.78, 5) is 17.2. The van der Waals surface area contributed by atoms with Gasteiger partial charge in [0.25, 0.3) is 5.91 Å². The molecular weight excluding hydrogens is 298 g/mol. The number of aromatic nitrogens is 1. The van der Waals surface area contributed by atoms with Crippen LogP contribution >= 0.6 is 11.3 Å². The van der Waals surface area contributed by atoms with Gasteiger partial charge in [-0.25, -0.2) is 4.98 Å². The lowest BCUT2D eigenvalue weighted by Crippen LogP contribution is -2.41. The van der Waals surface area contributed by atoms with Crippen LogP contribution in [0.5, 0.6) is 5.75 Å². The summed E-state index contributed by atoms with van der Waals surface area (Å²) in [6.45, 7) is 5.92. The fraction of sp³-hybridized carbons (Fsp3) is 0.375. The summed E-state index contributed by atoms with van der Waals surface area (Å²) < 4.78 is 5.98. The molecule has 0 saturated heterocycles. The van der Waals surface area contributed by atoms with Gasteiger partial charge in [-0.3, -0.25) is 4.79 Å². The Hall–Kier alpha value is -2.08. The number of hydrogen-bond acceptors (Lipinski definition) is 5. The predicted molar refractivity (Wildman–Crippen MR) is 87.2 cm³/mol. The van der Waals surface area contributed by atoms with Crippen LogP contribution in [-0.4, -0.2) is 16.5 Å². The van der Waals surface area contributed by atoms with Crippen molar-refractivity contribution in [2.45, 2.75) is 38.8 Å². The van der Waals surface area contributed by atoms with Crippen molar-refractivity contribution in [2.24, 2.45) is 0 Å². The summed E-state index contributed by atoms with van der Waals surface area (Å²) in [5.74, 6) is 0.665. The van der Waals surface area contributed by atoms with E-state index >= 15 is 0 Å². The third kappa shape index (κ3) is 2.92. The molecule has 2 heterocycles. The lowest BCUT2D eigenvalue weighted by Gasteiger charge is -2.38. The number of carbonyl (C=O) groups is 1. The number of carbonyl (C=O) groups excluding carboxylic acids is 1. The standard InChI is InChI=1S/C16H19N3O2S/c1-9-18-8-14(22-9)15(20)19-12-7-16(2,3)21-13-5-4-10(17)6-11(12)13/h4-6,8,12H,7,17H2,1-3H3,(H,19,20). The molecular formula is C16H19N3O2S. The molecule has 0 radical (unpaired) electrons. The molecule has 0 bridgehead atoms. The molecule has 1 aromatic carbocycles. The van der Waals surface area contributed by atoms with E-state index in [1.807, 2.05) is 39.0 Å². The fourth-order valence-electron chi connectivity index (χ4n) is 2.70. The first kappa shape index (κ1) is 14.8. The monoisotopic (exact) mass is 317 g/mol. The highest BCUT2D eigenvalue weighted by Gasteiger charge is 2.34. The molecule has 2 aromatic rings. The Morgan fingerprint density at radius 1 is 1.50 bits per heavy atom. The average Bonchev–Trinajstić information content (AvgIpc) is 2.85. The van der Waals surface area contributed by atoms with E-state index in [2.05, 4.69) is 10.3 Å². The van der Waals surface area contributed by atoms with Gasteiger partial charge in [0.15, 0.2) is 0 Å². The van der Waals surface area contributed by atoms with Gasteiger partial charge in [-0.1, -0.05) is 0 Å². The van der Waals surface area contributed by atoms with Crippen LogP contribution in [0.15, 0.2) is 24.4 Å². The molecule has 116 valence electrons. The first-order valence-electron chi connectivity index (χ1n) is 7.16. The summed E-state index contributed by atoms with van der Waals surface area (Å²) in [7, 11) is 0. The van der Waals surface area contributed by atoms with Crippen molar-refractivity contribution < 1.29 is 9.53 Å². The van der Waals surface area contributed by atoms with Crippen molar-refractivity contribution in [3.8, 4) is 5.75 Å². The number of benzene rings is 1. The summed E-state index contributed by atoms with van der Waals surface area (Å²) in [5, 5.41) is 3.96. The molecule has 0 fully saturated rings. The Balaban J connectivity index is 1.90. The number of aryl methyl sites for hydroxylation is 1. The average molecular weight is 317 g/mol. The number of ether oxygens (including phenoxy) is 1. The molecule has 0 aliphatic carbocycles. The Labute approximate surface area is 133 Å². The topological polar surface area (TPSA) is 77.2 Å². The van der Waals surface area contributed by atoms with E-state index in [1.54, 1.807) is 6.20 Å². The molecule has 1 unspecified atom stereocenters. The molecule has 1 aromatic heterocycles. The first-order chi connectivity index (χ1) is 10.3. The number of fused-ring (bicyclic) bond motifs is 1. The van der Waals surface area contributed by atoms with E-state index in [1.165, 1.54) is 11.3 Å². The van der Waals surface area contributed by atoms with Gasteiger partial charge in [-0.05, 0) is 39.0 Å². The number of nitrogens with zero attached hydrogens (tertiary/aromatic N) is 1. The minimum Gasteiger partial charge on any atom is -0.487 e. The maximum absolute atomic E-state index is 12.4. The smallest absolute Gasteiger partial charge is 0.263 e. The van der Waals surface area contributed by atoms with Crippen LogP contribution in [-0.2, 0) is 0 Å². The van der Waals surface area contributed by atoms with Crippen LogP contribution in [0.25, 0.3) is 0 Å². The lowest BCUT2D eigenvalue weighted by atomic mass is 9.89. The molecule has 1 amide bonds. The Morgan fingerprint density at radius 3 is 2.95 bits per heavy atom. The fourth-order valence-corrected chi connectivity index (χ4v) is 3.38. The van der Waals surface area contributed by atoms with E-state index in [9.17, 15) is 4.79 Å². The Morgan fingerprint density at radius 2 is 2.27 bits per heavy atom. The molecule has 0 saturated carbocycles. The largest absolute Gasteiger partial charge is 0.487 e. The maximum atomic E-state index is 12.4. The van der Waals surface area contributed by atoms with Gasteiger partial charge in [-0.15, -0.1) is 11.3 Å². The second-order valence-electron chi connectivity index (χ2n) is 6.13. The minimum absolute atomic E-state index is 0.110. The van der Waals surface area contributed by atoms with E-state index in [0.717, 1.165) is 16.3 Å². The molecule has 3 N–H and O–H groups in total. The molecule has 5 nitrogen and oxygen atoms in total. The maximum Gasteiger partial charge on any atom is 0.263 e. The van der Waals surface area contributed by atoms with E-state index in [0.29, 0.717) is 17.0 Å². The van der Waals surface area contributed by atoms with Crippen molar-refractivity contribution in [1.29, 1.82) is 0 Å². The van der Waals surface area contributed by atoms with Gasteiger partial charge in [0, 0.05) is 17.7 Å². The SMILES string of the molecule is Cc1ncc(C(=O)NC2CC(C)(C)Oc3ccc(N)cc32)s1. The number of anilines is 1. The van der Waals surface area contributed by atoms with Gasteiger partial charge in [0.05, 0.1) is 17.2 Å². The number of nitrogens with one attached hydrogen (secondary N) is 1. The molecule has 1 aliphatic rings. The van der Waals surface area contributed by atoms with Crippen LogP contribution in [0.4, 0.5) is 5.69 Å². The van der Waals surface area contributed by atoms with Crippen molar-refractivity contribution in [2.75, 3.05) is 5.73 Å². The van der Waals surface area contributed by atoms with Crippen molar-refractivity contribution in [3.05, 3.63) is 39.8 Å². The van der Waals surface area contributed by atoms with Crippen LogP contribution < -0.4 is 15.8 Å². The number of thiazole rings is 1. The third-order valence-corrected chi connectivity index (χ3v) is 4.55. The lowest BCUT2D eigenvalue weighted by molar-refractivity contribution is 0.0621. The summed E-state index contributed by atoms with van der Waals surface area (Å²) >= 11 is 1.39. The van der Waals surface area contributed by atoms with Gasteiger partial charge in [-0.2, -0.15) is 0 Å². The number of amides is 1. The zero-order valence-corrected chi connectivity index (χ0v) is 13.7. The Kier molecular flexibility index (Phi) is 3.56. The van der Waals surface area contributed by atoms with E-state index < -0.39 is 0 Å². The molecule has 0 spiro atoms. The Bertz CT molecular complexity index is 724. The quantitative estimate of drug-likeness (QED) is 0.835. The number of rotatable bonds is 2. The van der Waals surface area contributed by atoms with Gasteiger partial charge in [0.1, 0.15) is 16.2 Å². The van der Waals surface area contributed by atoms with E-state index in [-0.39, 0.29) is 17.6 Å². The highest BCUT2D eigenvalue weighted by molar-refractivity contribution is 7.13. The molecule has 1 aliphatic heterocycles. The van der Waals surface area contributed by atoms with Crippen molar-refractivity contribution in [1.82, 2.24) is 10.3 Å². The van der Waals surface area contributed by atoms with Crippen molar-refractivity contribution >= 4 is 22.9 Å². The third-order valence-electron chi connectivity index (χ3n) is 3.64. The van der Waals surface area contributed by atoms with Crippen LogP contribution in [0.3, 0.4) is 0 Å². The normalized spacial score (nSPS) is 19.1. The highest BCUT2D eigenvalue weighted by atomic mass is 32.1. The van der Waals surface area contributed by atoms with Crippen molar-refractivity contribution in [3.63, 3.8) is 0 Å². The zero-order valence-electron chi connectivity index (χ0n) is 12.8. The van der Waals surface area contributed by atoms with Gasteiger partial charge < -0.3 is 15.8 Å². The second-order valence-corrected chi connectivity index (χ2v) is 7.37. The molecule has 3 rings (SSSR count). The summed E-state index contributed by atoms with van der Waals surface area (Å²) in [6.07, 6.45) is 2.30. The highest BCUT2D eigenvalue weighted by Crippen LogP contribution is 2.40. The summed E-state index contributed by atoms with van der Waals surface area (Å²) in [6, 6.07) is 5.41. The first-order valence-corrected chi connectivity index (χ1v) is 7.97. The predicted octanol–water partition coefficient (Wildman–Crippen LogP) is 3.07. The number of hydrogen-bond donors (Lipinski definition) is 2. The molecule has 6 heteroatoms. The number of nitrogen functional groups attached to an aromatic ring is 1. The van der Waals surface area contributed by atoms with Crippen LogP contribution in [0.2, 0.25) is 0 Å². The van der Waals surface area contributed by atoms with E-state index in [4.69, 9.17) is 10.5 Å². The second kappa shape index (κ2) is 5.28. The van der Waals surface area contributed by atoms with Gasteiger partial charge >= 0.3 is 0 Å². The molecule has 1 atom stereocenters. The minimum atomic E-state index is -0.343. The van der Waals surface area contributed by atoms with Crippen LogP contribution in [0, 0.1) is 6.92 Å². The summed E-state index contributed by atoms with van der Waals surface area (Å²) in [5.41, 5.74) is 7.13. The van der Waals surface area contributed by atoms with Gasteiger partial charge in [0.2, 0.25) is 0 Å². The number of nitrogens with two attached hydrogens (primary N) is 1. The molecule has 22 heavy (non-hydrogen) atoms.